The molecule has 2 aromatic rings. The van der Waals surface area contributed by atoms with Gasteiger partial charge in [0.15, 0.2) is 11.6 Å². The average Bonchev–Trinajstić information content (AvgIpc) is 2.91. The predicted octanol–water partition coefficient (Wildman–Crippen LogP) is 2.91. The lowest BCUT2D eigenvalue weighted by Gasteiger charge is -2.17. The molecule has 0 spiro atoms. The molecule has 0 saturated carbocycles. The maximum atomic E-state index is 13.7. The van der Waals surface area contributed by atoms with E-state index in [2.05, 4.69) is 0 Å². The quantitative estimate of drug-likeness (QED) is 0.940. The van der Waals surface area contributed by atoms with E-state index in [-0.39, 0.29) is 11.7 Å². The van der Waals surface area contributed by atoms with Crippen LogP contribution in [0.1, 0.15) is 17.0 Å². The maximum absolute atomic E-state index is 13.7. The Balaban J connectivity index is 1.75. The van der Waals surface area contributed by atoms with Gasteiger partial charge in [0.1, 0.15) is 5.75 Å². The second kappa shape index (κ2) is 5.74. The van der Waals surface area contributed by atoms with Crippen LogP contribution in [-0.2, 0) is 6.42 Å². The topological polar surface area (TPSA) is 38.7 Å². The first-order valence-electron chi connectivity index (χ1n) is 6.91. The highest BCUT2D eigenvalue weighted by molar-refractivity contribution is 5.40. The number of benzene rings is 2. The van der Waals surface area contributed by atoms with Crippen LogP contribution in [0.5, 0.6) is 11.5 Å². The molecule has 1 aliphatic heterocycles. The Labute approximate surface area is 122 Å². The van der Waals surface area contributed by atoms with Crippen molar-refractivity contribution in [2.24, 2.45) is 0 Å². The third-order valence-corrected chi connectivity index (χ3v) is 3.86. The van der Waals surface area contributed by atoms with Crippen LogP contribution in [0.3, 0.4) is 0 Å². The van der Waals surface area contributed by atoms with Crippen molar-refractivity contribution in [2.45, 2.75) is 18.4 Å². The van der Waals surface area contributed by atoms with Gasteiger partial charge in [-0.25, -0.2) is 4.39 Å². The molecule has 3 nitrogen and oxygen atoms in total. The Morgan fingerprint density at radius 2 is 2.14 bits per heavy atom. The summed E-state index contributed by atoms with van der Waals surface area (Å²) in [6, 6.07) is 12.5. The Morgan fingerprint density at radius 3 is 2.90 bits per heavy atom. The number of rotatable bonds is 4. The summed E-state index contributed by atoms with van der Waals surface area (Å²) in [5, 5.41) is 10.4. The largest absolute Gasteiger partial charge is 0.494 e. The van der Waals surface area contributed by atoms with E-state index in [0.717, 1.165) is 16.9 Å². The van der Waals surface area contributed by atoms with E-state index >= 15 is 0 Å². The van der Waals surface area contributed by atoms with Crippen LogP contribution in [0, 0.1) is 5.82 Å². The molecule has 0 fully saturated rings. The van der Waals surface area contributed by atoms with Gasteiger partial charge in [-0.3, -0.25) is 0 Å². The van der Waals surface area contributed by atoms with E-state index in [9.17, 15) is 9.50 Å². The first-order chi connectivity index (χ1) is 10.2. The highest BCUT2D eigenvalue weighted by Crippen LogP contribution is 2.36. The van der Waals surface area contributed by atoms with Crippen molar-refractivity contribution in [1.29, 1.82) is 0 Å². The first kappa shape index (κ1) is 13.9. The molecule has 2 aromatic carbocycles. The monoisotopic (exact) mass is 288 g/mol. The number of ether oxygens (including phenoxy) is 2. The molecule has 21 heavy (non-hydrogen) atoms. The van der Waals surface area contributed by atoms with E-state index in [1.54, 1.807) is 12.1 Å². The molecule has 2 unspecified atom stereocenters. The SMILES string of the molecule is COc1ccc(CC(O)C2COc3ccccc32)cc1F. The molecule has 0 radical (unpaired) electrons. The van der Waals surface area contributed by atoms with Gasteiger partial charge in [0.2, 0.25) is 0 Å². The van der Waals surface area contributed by atoms with E-state index in [4.69, 9.17) is 9.47 Å². The summed E-state index contributed by atoms with van der Waals surface area (Å²) >= 11 is 0. The van der Waals surface area contributed by atoms with Gasteiger partial charge in [0.25, 0.3) is 0 Å². The van der Waals surface area contributed by atoms with Crippen LogP contribution in [-0.4, -0.2) is 24.9 Å². The standard InChI is InChI=1S/C17H17FO3/c1-20-17-7-6-11(8-14(17)18)9-15(19)13-10-21-16-5-3-2-4-12(13)16/h2-8,13,15,19H,9-10H2,1H3. The van der Waals surface area contributed by atoms with Gasteiger partial charge in [0, 0.05) is 11.5 Å². The van der Waals surface area contributed by atoms with Crippen molar-refractivity contribution in [1.82, 2.24) is 0 Å². The highest BCUT2D eigenvalue weighted by atomic mass is 19.1. The van der Waals surface area contributed by atoms with E-state index < -0.39 is 11.9 Å². The molecular weight excluding hydrogens is 271 g/mol. The lowest BCUT2D eigenvalue weighted by Crippen LogP contribution is -2.22. The summed E-state index contributed by atoms with van der Waals surface area (Å²) in [6.07, 6.45) is -0.232. The van der Waals surface area contributed by atoms with Crippen LogP contribution >= 0.6 is 0 Å². The van der Waals surface area contributed by atoms with Crippen LogP contribution in [0.4, 0.5) is 4.39 Å². The molecule has 0 amide bonds. The number of para-hydroxylation sites is 1. The summed E-state index contributed by atoms with van der Waals surface area (Å²) in [7, 11) is 1.43. The first-order valence-corrected chi connectivity index (χ1v) is 6.91. The van der Waals surface area contributed by atoms with Crippen molar-refractivity contribution in [3.05, 3.63) is 59.4 Å². The summed E-state index contributed by atoms with van der Waals surface area (Å²) in [5.74, 6) is 0.543. The predicted molar refractivity (Wildman–Crippen MR) is 77.3 cm³/mol. The minimum absolute atomic E-state index is 0.0774. The number of aliphatic hydroxyl groups excluding tert-OH is 1. The number of hydrogen-bond donors (Lipinski definition) is 1. The molecule has 0 bridgehead atoms. The van der Waals surface area contributed by atoms with Gasteiger partial charge in [-0.05, 0) is 30.2 Å². The van der Waals surface area contributed by atoms with Crippen LogP contribution in [0.15, 0.2) is 42.5 Å². The van der Waals surface area contributed by atoms with Gasteiger partial charge < -0.3 is 14.6 Å². The fraction of sp³-hybridized carbons (Fsp3) is 0.294. The fourth-order valence-electron chi connectivity index (χ4n) is 2.73. The number of fused-ring (bicyclic) bond motifs is 1. The van der Waals surface area contributed by atoms with Gasteiger partial charge in [-0.15, -0.1) is 0 Å². The molecule has 0 aromatic heterocycles. The zero-order chi connectivity index (χ0) is 14.8. The van der Waals surface area contributed by atoms with Crippen LogP contribution < -0.4 is 9.47 Å². The third kappa shape index (κ3) is 2.72. The van der Waals surface area contributed by atoms with Crippen molar-refractivity contribution in [3.63, 3.8) is 0 Å². The van der Waals surface area contributed by atoms with Gasteiger partial charge in [-0.2, -0.15) is 0 Å². The van der Waals surface area contributed by atoms with Gasteiger partial charge >= 0.3 is 0 Å². The zero-order valence-corrected chi connectivity index (χ0v) is 11.8. The van der Waals surface area contributed by atoms with Crippen LogP contribution in [0.2, 0.25) is 0 Å². The minimum Gasteiger partial charge on any atom is -0.494 e. The highest BCUT2D eigenvalue weighted by Gasteiger charge is 2.30. The number of methoxy groups -OCH3 is 1. The fourth-order valence-corrected chi connectivity index (χ4v) is 2.73. The lowest BCUT2D eigenvalue weighted by atomic mass is 9.91. The minimum atomic E-state index is -0.610. The molecule has 110 valence electrons. The van der Waals surface area contributed by atoms with Crippen LogP contribution in [0.25, 0.3) is 0 Å². The van der Waals surface area contributed by atoms with Crippen molar-refractivity contribution >= 4 is 0 Å². The number of hydrogen-bond acceptors (Lipinski definition) is 3. The summed E-state index contributed by atoms with van der Waals surface area (Å²) in [6.45, 7) is 0.457. The Morgan fingerprint density at radius 1 is 1.33 bits per heavy atom. The van der Waals surface area contributed by atoms with Crippen molar-refractivity contribution < 1.29 is 19.0 Å². The van der Waals surface area contributed by atoms with Gasteiger partial charge in [0.05, 0.1) is 19.8 Å². The van der Waals surface area contributed by atoms with Gasteiger partial charge in [-0.1, -0.05) is 24.3 Å². The molecular formula is C17H17FO3. The summed E-state index contributed by atoms with van der Waals surface area (Å²) in [5.41, 5.74) is 1.75. The Hall–Kier alpha value is -2.07. The molecule has 4 heteroatoms. The zero-order valence-electron chi connectivity index (χ0n) is 11.8. The lowest BCUT2D eigenvalue weighted by molar-refractivity contribution is 0.129. The van der Waals surface area contributed by atoms with E-state index in [1.165, 1.54) is 13.2 Å². The average molecular weight is 288 g/mol. The second-order valence-corrected chi connectivity index (χ2v) is 5.20. The normalized spacial score (nSPS) is 18.0. The second-order valence-electron chi connectivity index (χ2n) is 5.20. The van der Waals surface area contributed by atoms with E-state index in [1.807, 2.05) is 24.3 Å². The molecule has 3 rings (SSSR count). The third-order valence-electron chi connectivity index (χ3n) is 3.86. The van der Waals surface area contributed by atoms with Crippen molar-refractivity contribution in [3.8, 4) is 11.5 Å². The van der Waals surface area contributed by atoms with Crippen molar-refractivity contribution in [2.75, 3.05) is 13.7 Å². The summed E-state index contributed by atoms with van der Waals surface area (Å²) in [4.78, 5) is 0. The molecule has 1 aliphatic rings. The molecule has 1 N–H and O–H groups in total. The molecule has 2 atom stereocenters. The Kier molecular flexibility index (Phi) is 3.80. The molecule has 0 aliphatic carbocycles. The Bertz CT molecular complexity index is 642. The smallest absolute Gasteiger partial charge is 0.165 e. The summed E-state index contributed by atoms with van der Waals surface area (Å²) < 4.78 is 24.2. The number of aliphatic hydroxyl groups is 1. The molecule has 0 saturated heterocycles. The van der Waals surface area contributed by atoms with E-state index in [0.29, 0.717) is 13.0 Å². The maximum Gasteiger partial charge on any atom is 0.165 e. The number of halogens is 1. The molecule has 1 heterocycles.